The Labute approximate surface area is 239 Å². The first-order valence-corrected chi connectivity index (χ1v) is 14.4. The van der Waals surface area contributed by atoms with E-state index in [9.17, 15) is 43.9 Å². The predicted octanol–water partition coefficient (Wildman–Crippen LogP) is 5.90. The van der Waals surface area contributed by atoms with Crippen molar-refractivity contribution in [3.05, 3.63) is 34.3 Å². The molecule has 0 spiro atoms. The zero-order valence-electron chi connectivity index (χ0n) is 21.3. The first kappa shape index (κ1) is 33.3. The molecule has 16 heteroatoms. The van der Waals surface area contributed by atoms with Gasteiger partial charge in [0.1, 0.15) is 0 Å². The molecule has 4 rings (SSSR count). The van der Waals surface area contributed by atoms with Crippen LogP contribution in [0.1, 0.15) is 60.9 Å². The van der Waals surface area contributed by atoms with Crippen LogP contribution in [0.15, 0.2) is 18.2 Å². The average molecular weight is 644 g/mol. The quantitative estimate of drug-likeness (QED) is 0.274. The number of halogens is 9. The fourth-order valence-corrected chi connectivity index (χ4v) is 7.57. The summed E-state index contributed by atoms with van der Waals surface area (Å²) in [4.78, 5) is 14.8. The summed E-state index contributed by atoms with van der Waals surface area (Å²) in [5.41, 5.74) is -1.95. The SMILES string of the molecule is Cl.O=C(CCC1(N2CCN(S(=O)(=O)N3CCC(F)(F)C3)CC2)CCC(F)(F)CC1)c1ccc(C(F)(F)F)cc1Cl. The Morgan fingerprint density at radius 1 is 0.875 bits per heavy atom. The van der Waals surface area contributed by atoms with Crippen LogP contribution in [0.2, 0.25) is 5.02 Å². The van der Waals surface area contributed by atoms with Crippen molar-refractivity contribution in [2.24, 2.45) is 0 Å². The minimum absolute atomic E-state index is 0. The van der Waals surface area contributed by atoms with Crippen LogP contribution in [-0.4, -0.2) is 84.4 Å². The van der Waals surface area contributed by atoms with E-state index in [4.69, 9.17) is 11.6 Å². The lowest BCUT2D eigenvalue weighted by molar-refractivity contribution is -0.137. The Hall–Kier alpha value is -1.19. The minimum Gasteiger partial charge on any atom is -0.295 e. The van der Waals surface area contributed by atoms with Gasteiger partial charge < -0.3 is 0 Å². The van der Waals surface area contributed by atoms with E-state index in [1.165, 1.54) is 0 Å². The van der Waals surface area contributed by atoms with Crippen molar-refractivity contribution in [1.82, 2.24) is 13.5 Å². The highest BCUT2D eigenvalue weighted by molar-refractivity contribution is 7.86. The number of hydrogen-bond acceptors (Lipinski definition) is 4. The summed E-state index contributed by atoms with van der Waals surface area (Å²) in [6, 6.07) is 2.42. The van der Waals surface area contributed by atoms with Crippen molar-refractivity contribution in [1.29, 1.82) is 0 Å². The summed E-state index contributed by atoms with van der Waals surface area (Å²) >= 11 is 5.96. The lowest BCUT2D eigenvalue weighted by atomic mass is 9.74. The first-order valence-electron chi connectivity index (χ1n) is 12.6. The maximum Gasteiger partial charge on any atom is 0.416 e. The fraction of sp³-hybridized carbons (Fsp3) is 0.708. The van der Waals surface area contributed by atoms with Crippen molar-refractivity contribution < 1.29 is 43.9 Å². The predicted molar refractivity (Wildman–Crippen MR) is 137 cm³/mol. The standard InChI is InChI=1S/C24H29ClF7N3O3S.ClH/c25-19-15-17(24(30,31)32)1-2-18(19)20(36)3-4-21(5-7-22(26,27)8-6-21)33-11-13-34(14-12-33)39(37,38)35-10-9-23(28,29)16-35;/h1-2,15H,3-14,16H2;1H. The van der Waals surface area contributed by atoms with Gasteiger partial charge >= 0.3 is 6.18 Å². The van der Waals surface area contributed by atoms with Gasteiger partial charge in [-0.1, -0.05) is 11.6 Å². The molecule has 0 bridgehead atoms. The number of Topliss-reactive ketones (excluding diaryl/α,β-unsaturated/α-hetero) is 1. The van der Waals surface area contributed by atoms with Gasteiger partial charge in [-0.2, -0.15) is 30.2 Å². The second-order valence-corrected chi connectivity index (χ2v) is 12.9. The molecular formula is C24H30Cl2F7N3O3S. The third-order valence-corrected chi connectivity index (χ3v) is 10.3. The molecule has 2 saturated heterocycles. The van der Waals surface area contributed by atoms with E-state index in [1.807, 2.05) is 4.90 Å². The van der Waals surface area contributed by atoms with Crippen LogP contribution >= 0.6 is 24.0 Å². The Morgan fingerprint density at radius 2 is 1.48 bits per heavy atom. The lowest BCUT2D eigenvalue weighted by Crippen LogP contribution is -2.61. The smallest absolute Gasteiger partial charge is 0.295 e. The average Bonchev–Trinajstić information content (AvgIpc) is 3.23. The zero-order chi connectivity index (χ0) is 28.9. The van der Waals surface area contributed by atoms with E-state index in [0.717, 1.165) is 20.7 Å². The number of nitrogens with zero attached hydrogens (tertiary/aromatic N) is 3. The highest BCUT2D eigenvalue weighted by Crippen LogP contribution is 2.45. The van der Waals surface area contributed by atoms with Gasteiger partial charge in [0.05, 0.1) is 17.1 Å². The molecule has 0 N–H and O–H groups in total. The lowest BCUT2D eigenvalue weighted by Gasteiger charge is -2.51. The third kappa shape index (κ3) is 7.23. The Kier molecular flexibility index (Phi) is 9.85. The molecule has 40 heavy (non-hydrogen) atoms. The molecule has 3 fully saturated rings. The third-order valence-electron chi connectivity index (χ3n) is 8.02. The van der Waals surface area contributed by atoms with Crippen molar-refractivity contribution in [2.45, 2.75) is 68.5 Å². The van der Waals surface area contributed by atoms with Gasteiger partial charge in [0.15, 0.2) is 5.78 Å². The number of hydrogen-bond donors (Lipinski definition) is 0. The van der Waals surface area contributed by atoms with Crippen LogP contribution in [0, 0.1) is 0 Å². The topological polar surface area (TPSA) is 60.9 Å². The second-order valence-electron chi connectivity index (χ2n) is 10.5. The molecule has 228 valence electrons. The van der Waals surface area contributed by atoms with Crippen molar-refractivity contribution in [3.8, 4) is 0 Å². The van der Waals surface area contributed by atoms with Gasteiger partial charge in [-0.05, 0) is 37.5 Å². The molecule has 2 aliphatic heterocycles. The molecule has 0 aromatic heterocycles. The minimum atomic E-state index is -4.63. The van der Waals surface area contributed by atoms with Crippen molar-refractivity contribution in [3.63, 3.8) is 0 Å². The van der Waals surface area contributed by atoms with E-state index < -0.39 is 70.9 Å². The number of ketones is 1. The molecule has 3 aliphatic rings. The monoisotopic (exact) mass is 643 g/mol. The van der Waals surface area contributed by atoms with Gasteiger partial charge in [-0.15, -0.1) is 12.4 Å². The molecule has 1 aromatic carbocycles. The summed E-state index contributed by atoms with van der Waals surface area (Å²) in [7, 11) is -4.11. The zero-order valence-corrected chi connectivity index (χ0v) is 23.7. The highest BCUT2D eigenvalue weighted by atomic mass is 35.5. The van der Waals surface area contributed by atoms with Gasteiger partial charge in [-0.25, -0.2) is 17.6 Å². The van der Waals surface area contributed by atoms with Crippen LogP contribution in [0.25, 0.3) is 0 Å². The molecule has 6 nitrogen and oxygen atoms in total. The van der Waals surface area contributed by atoms with Crippen molar-refractivity contribution in [2.75, 3.05) is 39.3 Å². The van der Waals surface area contributed by atoms with Gasteiger partial charge in [0.25, 0.3) is 16.1 Å². The number of carbonyl (C=O) groups is 1. The van der Waals surface area contributed by atoms with Crippen LogP contribution in [0.4, 0.5) is 30.7 Å². The summed E-state index contributed by atoms with van der Waals surface area (Å²) in [5.74, 6) is -6.49. The van der Waals surface area contributed by atoms with Gasteiger partial charge in [0, 0.05) is 69.5 Å². The molecule has 1 aromatic rings. The van der Waals surface area contributed by atoms with E-state index in [-0.39, 0.29) is 81.4 Å². The molecule has 1 saturated carbocycles. The van der Waals surface area contributed by atoms with E-state index in [2.05, 4.69) is 0 Å². The summed E-state index contributed by atoms with van der Waals surface area (Å²) < 4.78 is 122. The summed E-state index contributed by atoms with van der Waals surface area (Å²) in [5, 5.41) is -0.356. The Bertz CT molecular complexity index is 1180. The Morgan fingerprint density at radius 3 is 1.98 bits per heavy atom. The maximum absolute atomic E-state index is 14.1. The summed E-state index contributed by atoms with van der Waals surface area (Å²) in [6.07, 6.45) is -5.98. The molecule has 0 radical (unpaired) electrons. The second kappa shape index (κ2) is 11.8. The van der Waals surface area contributed by atoms with Crippen LogP contribution in [0.3, 0.4) is 0 Å². The molecular weight excluding hydrogens is 614 g/mol. The number of benzene rings is 1. The number of rotatable bonds is 7. The van der Waals surface area contributed by atoms with E-state index >= 15 is 0 Å². The Balaban J connectivity index is 0.00000441. The van der Waals surface area contributed by atoms with E-state index in [0.29, 0.717) is 6.07 Å². The van der Waals surface area contributed by atoms with E-state index in [1.54, 1.807) is 0 Å². The number of piperazine rings is 1. The van der Waals surface area contributed by atoms with Gasteiger partial charge in [-0.3, -0.25) is 9.69 Å². The molecule has 1 aliphatic carbocycles. The largest absolute Gasteiger partial charge is 0.416 e. The van der Waals surface area contributed by atoms with Crippen LogP contribution in [0.5, 0.6) is 0 Å². The highest BCUT2D eigenvalue weighted by Gasteiger charge is 2.49. The molecule has 0 amide bonds. The normalized spacial score (nSPS) is 24.0. The molecule has 0 atom stereocenters. The number of alkyl halides is 7. The number of carbonyl (C=O) groups excluding carboxylic acids is 1. The molecule has 0 unspecified atom stereocenters. The molecule has 2 heterocycles. The first-order chi connectivity index (χ1) is 17.9. The maximum atomic E-state index is 14.1. The summed E-state index contributed by atoms with van der Waals surface area (Å²) in [6.45, 7) is -0.913. The van der Waals surface area contributed by atoms with Crippen molar-refractivity contribution >= 4 is 40.0 Å². The van der Waals surface area contributed by atoms with Crippen LogP contribution in [-0.2, 0) is 16.4 Å². The van der Waals surface area contributed by atoms with Crippen LogP contribution < -0.4 is 0 Å². The van der Waals surface area contributed by atoms with Gasteiger partial charge in [0.2, 0.25) is 5.92 Å². The fourth-order valence-electron chi connectivity index (χ4n) is 5.66.